The fourth-order valence-electron chi connectivity index (χ4n) is 2.69. The molecule has 0 bridgehead atoms. The Labute approximate surface area is 116 Å². The normalized spacial score (nSPS) is 15.2. The SMILES string of the molecule is OCCCNc1ncnc2sc3c(c12)CCCCC3. The second-order valence-electron chi connectivity index (χ2n) is 4.97. The van der Waals surface area contributed by atoms with E-state index >= 15 is 0 Å². The fraction of sp³-hybridized carbons (Fsp3) is 0.571. The molecule has 0 aliphatic heterocycles. The zero-order chi connectivity index (χ0) is 13.1. The largest absolute Gasteiger partial charge is 0.396 e. The van der Waals surface area contributed by atoms with E-state index in [-0.39, 0.29) is 6.61 Å². The number of hydrogen-bond acceptors (Lipinski definition) is 5. The van der Waals surface area contributed by atoms with Crippen LogP contribution in [0.1, 0.15) is 36.1 Å². The lowest BCUT2D eigenvalue weighted by Crippen LogP contribution is -2.06. The van der Waals surface area contributed by atoms with Crippen molar-refractivity contribution in [3.8, 4) is 0 Å². The molecule has 0 atom stereocenters. The summed E-state index contributed by atoms with van der Waals surface area (Å²) in [5.74, 6) is 0.942. The molecule has 0 spiro atoms. The number of fused-ring (bicyclic) bond motifs is 3. The number of aryl methyl sites for hydroxylation is 2. The quantitative estimate of drug-likeness (QED) is 0.666. The minimum atomic E-state index is 0.211. The molecule has 0 saturated heterocycles. The molecule has 0 amide bonds. The molecule has 1 aliphatic carbocycles. The molecular weight excluding hydrogens is 258 g/mol. The molecule has 2 N–H and O–H groups in total. The van der Waals surface area contributed by atoms with Gasteiger partial charge in [0.1, 0.15) is 17.0 Å². The van der Waals surface area contributed by atoms with Crippen LogP contribution in [0.4, 0.5) is 5.82 Å². The van der Waals surface area contributed by atoms with E-state index in [0.29, 0.717) is 0 Å². The minimum Gasteiger partial charge on any atom is -0.396 e. The minimum absolute atomic E-state index is 0.211. The highest BCUT2D eigenvalue weighted by Gasteiger charge is 2.18. The summed E-state index contributed by atoms with van der Waals surface area (Å²) >= 11 is 1.83. The number of aliphatic hydroxyl groups excluding tert-OH is 1. The van der Waals surface area contributed by atoms with Crippen LogP contribution in [0.3, 0.4) is 0 Å². The lowest BCUT2D eigenvalue weighted by molar-refractivity contribution is 0.292. The van der Waals surface area contributed by atoms with Crippen LogP contribution in [0, 0.1) is 0 Å². The Morgan fingerprint density at radius 3 is 3.00 bits per heavy atom. The average molecular weight is 277 g/mol. The maximum atomic E-state index is 8.88. The third kappa shape index (κ3) is 2.58. The number of rotatable bonds is 4. The average Bonchev–Trinajstić information content (AvgIpc) is 2.63. The molecule has 102 valence electrons. The monoisotopic (exact) mass is 277 g/mol. The van der Waals surface area contributed by atoms with E-state index in [0.717, 1.165) is 30.0 Å². The first-order valence-corrected chi connectivity index (χ1v) is 7.82. The van der Waals surface area contributed by atoms with Crippen LogP contribution in [-0.2, 0) is 12.8 Å². The van der Waals surface area contributed by atoms with Gasteiger partial charge < -0.3 is 10.4 Å². The summed E-state index contributed by atoms with van der Waals surface area (Å²) in [6.07, 6.45) is 8.61. The third-order valence-electron chi connectivity index (χ3n) is 3.63. The Morgan fingerprint density at radius 2 is 2.11 bits per heavy atom. The van der Waals surface area contributed by atoms with Crippen molar-refractivity contribution in [3.05, 3.63) is 16.8 Å². The van der Waals surface area contributed by atoms with Crippen LogP contribution in [0.2, 0.25) is 0 Å². The van der Waals surface area contributed by atoms with Crippen LogP contribution in [0.5, 0.6) is 0 Å². The van der Waals surface area contributed by atoms with Crippen molar-refractivity contribution < 1.29 is 5.11 Å². The molecule has 5 heteroatoms. The van der Waals surface area contributed by atoms with Crippen LogP contribution < -0.4 is 5.32 Å². The number of anilines is 1. The first kappa shape index (κ1) is 12.8. The van der Waals surface area contributed by atoms with E-state index in [9.17, 15) is 0 Å². The summed E-state index contributed by atoms with van der Waals surface area (Å²) in [6.45, 7) is 0.968. The highest BCUT2D eigenvalue weighted by atomic mass is 32.1. The van der Waals surface area contributed by atoms with E-state index in [1.165, 1.54) is 41.5 Å². The predicted octanol–water partition coefficient (Wildman–Crippen LogP) is 2.75. The number of aromatic nitrogens is 2. The van der Waals surface area contributed by atoms with Crippen molar-refractivity contribution in [2.75, 3.05) is 18.5 Å². The Kier molecular flexibility index (Phi) is 3.94. The molecule has 1 aliphatic rings. The van der Waals surface area contributed by atoms with Gasteiger partial charge in [0, 0.05) is 18.0 Å². The van der Waals surface area contributed by atoms with Gasteiger partial charge in [0.05, 0.1) is 5.39 Å². The van der Waals surface area contributed by atoms with E-state index in [2.05, 4.69) is 15.3 Å². The lowest BCUT2D eigenvalue weighted by atomic mass is 10.1. The van der Waals surface area contributed by atoms with Gasteiger partial charge in [0.2, 0.25) is 0 Å². The molecule has 2 heterocycles. The zero-order valence-corrected chi connectivity index (χ0v) is 11.8. The molecule has 0 saturated carbocycles. The second kappa shape index (κ2) is 5.84. The van der Waals surface area contributed by atoms with Crippen LogP contribution in [0.15, 0.2) is 6.33 Å². The van der Waals surface area contributed by atoms with Gasteiger partial charge in [-0.05, 0) is 37.7 Å². The van der Waals surface area contributed by atoms with Crippen molar-refractivity contribution >= 4 is 27.4 Å². The van der Waals surface area contributed by atoms with Gasteiger partial charge in [0.15, 0.2) is 0 Å². The van der Waals surface area contributed by atoms with Crippen molar-refractivity contribution in [1.82, 2.24) is 9.97 Å². The van der Waals surface area contributed by atoms with Crippen molar-refractivity contribution in [3.63, 3.8) is 0 Å². The van der Waals surface area contributed by atoms with Crippen molar-refractivity contribution in [2.45, 2.75) is 38.5 Å². The number of nitrogens with one attached hydrogen (secondary N) is 1. The fourth-order valence-corrected chi connectivity index (χ4v) is 3.92. The molecule has 19 heavy (non-hydrogen) atoms. The van der Waals surface area contributed by atoms with Gasteiger partial charge in [0.25, 0.3) is 0 Å². The zero-order valence-electron chi connectivity index (χ0n) is 11.0. The van der Waals surface area contributed by atoms with E-state index in [4.69, 9.17) is 5.11 Å². The third-order valence-corrected chi connectivity index (χ3v) is 4.83. The molecule has 2 aromatic rings. The summed E-state index contributed by atoms with van der Waals surface area (Å²) in [5.41, 5.74) is 1.46. The van der Waals surface area contributed by atoms with Gasteiger partial charge in [-0.25, -0.2) is 9.97 Å². The Hall–Kier alpha value is -1.20. The summed E-state index contributed by atoms with van der Waals surface area (Å²) in [4.78, 5) is 11.4. The Balaban J connectivity index is 1.99. The number of nitrogens with zero attached hydrogens (tertiary/aromatic N) is 2. The standard InChI is InChI=1S/C14H19N3OS/c18-8-4-7-15-13-12-10-5-2-1-3-6-11(10)19-14(12)17-9-16-13/h9,18H,1-8H2,(H,15,16,17). The molecule has 2 aromatic heterocycles. The lowest BCUT2D eigenvalue weighted by Gasteiger charge is -2.07. The smallest absolute Gasteiger partial charge is 0.138 e. The molecule has 4 nitrogen and oxygen atoms in total. The summed E-state index contributed by atoms with van der Waals surface area (Å²) in [6, 6.07) is 0. The van der Waals surface area contributed by atoms with Gasteiger partial charge in [-0.2, -0.15) is 0 Å². The Bertz CT molecular complexity index is 567. The number of hydrogen-bond donors (Lipinski definition) is 2. The molecule has 3 rings (SSSR count). The Morgan fingerprint density at radius 1 is 1.21 bits per heavy atom. The summed E-state index contributed by atoms with van der Waals surface area (Å²) in [5, 5.41) is 13.4. The first-order chi connectivity index (χ1) is 9.40. The molecule has 0 aromatic carbocycles. The first-order valence-electron chi connectivity index (χ1n) is 7.00. The van der Waals surface area contributed by atoms with Gasteiger partial charge in [-0.3, -0.25) is 0 Å². The van der Waals surface area contributed by atoms with E-state index in [1.807, 2.05) is 11.3 Å². The van der Waals surface area contributed by atoms with Crippen LogP contribution >= 0.6 is 11.3 Å². The van der Waals surface area contributed by atoms with Gasteiger partial charge in [-0.1, -0.05) is 6.42 Å². The van der Waals surface area contributed by atoms with Crippen molar-refractivity contribution in [1.29, 1.82) is 0 Å². The van der Waals surface area contributed by atoms with Gasteiger partial charge in [-0.15, -0.1) is 11.3 Å². The number of aliphatic hydroxyl groups is 1. The molecular formula is C14H19N3OS. The number of thiophene rings is 1. The highest BCUT2D eigenvalue weighted by Crippen LogP contribution is 2.37. The summed E-state index contributed by atoms with van der Waals surface area (Å²) in [7, 11) is 0. The van der Waals surface area contributed by atoms with E-state index in [1.54, 1.807) is 6.33 Å². The molecule has 0 radical (unpaired) electrons. The molecule has 0 fully saturated rings. The maximum Gasteiger partial charge on any atom is 0.138 e. The van der Waals surface area contributed by atoms with Crippen molar-refractivity contribution in [2.24, 2.45) is 0 Å². The topological polar surface area (TPSA) is 58.0 Å². The van der Waals surface area contributed by atoms with E-state index < -0.39 is 0 Å². The second-order valence-corrected chi connectivity index (χ2v) is 6.05. The maximum absolute atomic E-state index is 8.88. The molecule has 0 unspecified atom stereocenters. The van der Waals surface area contributed by atoms with Crippen LogP contribution in [0.25, 0.3) is 10.2 Å². The van der Waals surface area contributed by atoms with Crippen LogP contribution in [-0.4, -0.2) is 28.2 Å². The van der Waals surface area contributed by atoms with Gasteiger partial charge >= 0.3 is 0 Å². The highest BCUT2D eigenvalue weighted by molar-refractivity contribution is 7.18. The summed E-state index contributed by atoms with van der Waals surface area (Å²) < 4.78 is 0. The predicted molar refractivity (Wildman–Crippen MR) is 78.9 cm³/mol.